The van der Waals surface area contributed by atoms with E-state index in [0.717, 1.165) is 50.7 Å². The molecule has 0 radical (unpaired) electrons. The molecule has 1 heterocycles. The van der Waals surface area contributed by atoms with E-state index in [-0.39, 0.29) is 22.7 Å². The minimum absolute atomic E-state index is 0.114. The molecule has 6 atom stereocenters. The predicted molar refractivity (Wildman–Crippen MR) is 106 cm³/mol. The minimum Gasteiger partial charge on any atom is -0.393 e. The number of rotatable bonds is 0. The van der Waals surface area contributed by atoms with Crippen LogP contribution >= 0.6 is 0 Å². The van der Waals surface area contributed by atoms with E-state index < -0.39 is 0 Å². The van der Waals surface area contributed by atoms with E-state index in [0.29, 0.717) is 11.3 Å². The second kappa shape index (κ2) is 5.83. The first-order chi connectivity index (χ1) is 12.7. The van der Waals surface area contributed by atoms with Crippen molar-refractivity contribution in [3.8, 4) is 0 Å². The van der Waals surface area contributed by atoms with Gasteiger partial charge in [-0.2, -0.15) is 0 Å². The van der Waals surface area contributed by atoms with Crippen molar-refractivity contribution in [1.82, 2.24) is 0 Å². The maximum Gasteiger partial charge on any atom is 0.173 e. The molecule has 0 amide bonds. The molecule has 152 valence electrons. The van der Waals surface area contributed by atoms with Crippen molar-refractivity contribution in [3.63, 3.8) is 0 Å². The highest BCUT2D eigenvalue weighted by molar-refractivity contribution is 5.26. The summed E-state index contributed by atoms with van der Waals surface area (Å²) in [6, 6.07) is 0. The number of fused-ring (bicyclic) bond motifs is 6. The fourth-order valence-corrected chi connectivity index (χ4v) is 7.78. The Morgan fingerprint density at radius 2 is 1.63 bits per heavy atom. The Labute approximate surface area is 164 Å². The summed E-state index contributed by atoms with van der Waals surface area (Å²) in [5, 5.41) is 10.2. The van der Waals surface area contributed by atoms with Crippen molar-refractivity contribution in [2.45, 2.75) is 91.0 Å². The van der Waals surface area contributed by atoms with Crippen molar-refractivity contribution >= 4 is 0 Å². The largest absolute Gasteiger partial charge is 0.393 e. The molecule has 0 aromatic rings. The Morgan fingerprint density at radius 3 is 2.37 bits per heavy atom. The predicted octanol–water partition coefficient (Wildman–Crippen LogP) is 5.08. The summed E-state index contributed by atoms with van der Waals surface area (Å²) in [5.74, 6) is 1.90. The summed E-state index contributed by atoms with van der Waals surface area (Å²) in [6.07, 6.45) is 11.5. The standard InChI is InChI=1S/C24H38O3/c1-21(2)14-26-24(27-15-21)12-9-20-18-6-5-16-13-17(25)7-10-22(16,3)19(18)8-11-23(20,24)4/h5,17-20,25H,6-15H2,1-4H3/t17-,18+,19-,20-,22-,23-/m0/s1. The number of allylic oxidation sites excluding steroid dienone is 1. The van der Waals surface area contributed by atoms with Gasteiger partial charge in [0.25, 0.3) is 0 Å². The van der Waals surface area contributed by atoms with Gasteiger partial charge in [-0.1, -0.05) is 39.3 Å². The molecule has 1 aliphatic heterocycles. The molecule has 3 heteroatoms. The van der Waals surface area contributed by atoms with Crippen LogP contribution in [0.2, 0.25) is 0 Å². The van der Waals surface area contributed by atoms with Crippen LogP contribution in [0.4, 0.5) is 0 Å². The lowest BCUT2D eigenvalue weighted by atomic mass is 9.47. The second-order valence-electron chi connectivity index (χ2n) is 11.6. The van der Waals surface area contributed by atoms with Crippen molar-refractivity contribution in [3.05, 3.63) is 11.6 Å². The van der Waals surface area contributed by atoms with Crippen LogP contribution in [0.3, 0.4) is 0 Å². The zero-order valence-corrected chi connectivity index (χ0v) is 17.7. The Bertz CT molecular complexity index is 642. The number of hydrogen-bond acceptors (Lipinski definition) is 3. The number of hydrogen-bond donors (Lipinski definition) is 1. The third kappa shape index (κ3) is 2.50. The Kier molecular flexibility index (Phi) is 4.02. The van der Waals surface area contributed by atoms with Crippen LogP contribution in [-0.2, 0) is 9.47 Å². The van der Waals surface area contributed by atoms with Gasteiger partial charge in [-0.3, -0.25) is 0 Å². The molecule has 0 bridgehead atoms. The molecule has 1 N–H and O–H groups in total. The number of aliphatic hydroxyl groups is 1. The molecular formula is C24H38O3. The van der Waals surface area contributed by atoms with E-state index in [4.69, 9.17) is 9.47 Å². The van der Waals surface area contributed by atoms with Gasteiger partial charge >= 0.3 is 0 Å². The van der Waals surface area contributed by atoms with E-state index in [9.17, 15) is 5.11 Å². The molecule has 4 aliphatic carbocycles. The number of ether oxygens (including phenoxy) is 2. The van der Waals surface area contributed by atoms with Gasteiger partial charge in [-0.05, 0) is 68.1 Å². The van der Waals surface area contributed by atoms with Crippen LogP contribution in [0.1, 0.15) is 79.1 Å². The Balaban J connectivity index is 1.44. The number of aliphatic hydroxyl groups excluding tert-OH is 1. The van der Waals surface area contributed by atoms with Gasteiger partial charge in [0.05, 0.1) is 19.3 Å². The van der Waals surface area contributed by atoms with Crippen LogP contribution in [-0.4, -0.2) is 30.2 Å². The molecule has 5 rings (SSSR count). The molecule has 0 aromatic carbocycles. The molecule has 3 nitrogen and oxygen atoms in total. The molecule has 0 aromatic heterocycles. The molecule has 27 heavy (non-hydrogen) atoms. The lowest BCUT2D eigenvalue weighted by Crippen LogP contribution is -2.59. The van der Waals surface area contributed by atoms with Crippen molar-refractivity contribution in [2.24, 2.45) is 34.0 Å². The summed E-state index contributed by atoms with van der Waals surface area (Å²) in [6.45, 7) is 11.1. The summed E-state index contributed by atoms with van der Waals surface area (Å²) >= 11 is 0. The van der Waals surface area contributed by atoms with Gasteiger partial charge in [-0.15, -0.1) is 0 Å². The first-order valence-corrected chi connectivity index (χ1v) is 11.3. The monoisotopic (exact) mass is 374 g/mol. The van der Waals surface area contributed by atoms with Crippen LogP contribution in [0.5, 0.6) is 0 Å². The molecule has 5 aliphatic rings. The lowest BCUT2D eigenvalue weighted by molar-refractivity contribution is -0.346. The fraction of sp³-hybridized carbons (Fsp3) is 0.917. The minimum atomic E-state index is -0.341. The van der Waals surface area contributed by atoms with Gasteiger partial charge < -0.3 is 14.6 Å². The average Bonchev–Trinajstić information content (AvgIpc) is 2.91. The maximum atomic E-state index is 10.2. The SMILES string of the molecule is CC1(C)COC2(CC[C@H]3[C@@H]4CC=C5C[C@@H](O)CC[C@]5(C)[C@H]4CC[C@@]32C)OC1. The third-order valence-electron chi connectivity index (χ3n) is 9.51. The van der Waals surface area contributed by atoms with E-state index in [2.05, 4.69) is 33.8 Å². The molecule has 1 spiro atoms. The molecule has 4 fully saturated rings. The average molecular weight is 375 g/mol. The van der Waals surface area contributed by atoms with Gasteiger partial charge in [0, 0.05) is 17.3 Å². The van der Waals surface area contributed by atoms with Gasteiger partial charge in [0.15, 0.2) is 5.79 Å². The first kappa shape index (κ1) is 18.6. The van der Waals surface area contributed by atoms with E-state index in [1.807, 2.05) is 0 Å². The van der Waals surface area contributed by atoms with Gasteiger partial charge in [-0.25, -0.2) is 0 Å². The Hall–Kier alpha value is -0.380. The quantitative estimate of drug-likeness (QED) is 0.601. The molecule has 1 saturated heterocycles. The van der Waals surface area contributed by atoms with Gasteiger partial charge in [0.1, 0.15) is 0 Å². The van der Waals surface area contributed by atoms with Gasteiger partial charge in [0.2, 0.25) is 0 Å². The second-order valence-corrected chi connectivity index (χ2v) is 11.6. The topological polar surface area (TPSA) is 38.7 Å². The van der Waals surface area contributed by atoms with Crippen LogP contribution in [0.15, 0.2) is 11.6 Å². The highest BCUT2D eigenvalue weighted by Crippen LogP contribution is 2.68. The normalized spacial score (nSPS) is 50.5. The van der Waals surface area contributed by atoms with Crippen molar-refractivity contribution < 1.29 is 14.6 Å². The van der Waals surface area contributed by atoms with Crippen LogP contribution in [0.25, 0.3) is 0 Å². The molecular weight excluding hydrogens is 336 g/mol. The van der Waals surface area contributed by atoms with Crippen LogP contribution < -0.4 is 0 Å². The zero-order valence-electron chi connectivity index (χ0n) is 17.7. The summed E-state index contributed by atoms with van der Waals surface area (Å²) in [5.41, 5.74) is 2.16. The highest BCUT2D eigenvalue weighted by Gasteiger charge is 2.66. The smallest absolute Gasteiger partial charge is 0.173 e. The summed E-state index contributed by atoms with van der Waals surface area (Å²) < 4.78 is 13.1. The van der Waals surface area contributed by atoms with E-state index in [1.165, 1.54) is 25.7 Å². The molecule has 3 saturated carbocycles. The van der Waals surface area contributed by atoms with Crippen molar-refractivity contribution in [1.29, 1.82) is 0 Å². The highest BCUT2D eigenvalue weighted by atomic mass is 16.7. The van der Waals surface area contributed by atoms with Crippen molar-refractivity contribution in [2.75, 3.05) is 13.2 Å². The summed E-state index contributed by atoms with van der Waals surface area (Å²) in [7, 11) is 0. The summed E-state index contributed by atoms with van der Waals surface area (Å²) in [4.78, 5) is 0. The van der Waals surface area contributed by atoms with Crippen LogP contribution in [0, 0.1) is 34.0 Å². The lowest BCUT2D eigenvalue weighted by Gasteiger charge is -2.60. The van der Waals surface area contributed by atoms with E-state index >= 15 is 0 Å². The maximum absolute atomic E-state index is 10.2. The van der Waals surface area contributed by atoms with E-state index in [1.54, 1.807) is 5.57 Å². The fourth-order valence-electron chi connectivity index (χ4n) is 7.78. The zero-order chi connectivity index (χ0) is 19.1. The third-order valence-corrected chi connectivity index (χ3v) is 9.51. The Morgan fingerprint density at radius 1 is 0.926 bits per heavy atom. The molecule has 0 unspecified atom stereocenters. The first-order valence-electron chi connectivity index (χ1n) is 11.3.